The van der Waals surface area contributed by atoms with Crippen LogP contribution < -0.4 is 5.73 Å². The molecular formula is C14H24N4O. The topological polar surface area (TPSA) is 67.7 Å². The van der Waals surface area contributed by atoms with Crippen molar-refractivity contribution in [2.24, 2.45) is 10.7 Å². The molecule has 2 rings (SSSR count). The molecule has 1 aromatic heterocycles. The van der Waals surface area contributed by atoms with Gasteiger partial charge in [0.05, 0.1) is 5.69 Å². The van der Waals surface area contributed by atoms with E-state index in [0.717, 1.165) is 36.9 Å². The van der Waals surface area contributed by atoms with Crippen molar-refractivity contribution in [3.05, 3.63) is 17.3 Å². The number of hydrogen-bond donors (Lipinski definition) is 1. The summed E-state index contributed by atoms with van der Waals surface area (Å²) < 4.78 is 5.63. The number of nitrogens with zero attached hydrogens (tertiary/aromatic N) is 3. The lowest BCUT2D eigenvalue weighted by Crippen LogP contribution is -2.38. The fourth-order valence-corrected chi connectivity index (χ4v) is 2.34. The first-order valence-electron chi connectivity index (χ1n) is 7.20. The van der Waals surface area contributed by atoms with Crippen molar-refractivity contribution in [2.75, 3.05) is 13.1 Å². The average Bonchev–Trinajstić information content (AvgIpc) is 2.63. The van der Waals surface area contributed by atoms with E-state index in [1.807, 2.05) is 13.8 Å². The van der Waals surface area contributed by atoms with Gasteiger partial charge in [-0.25, -0.2) is 9.98 Å². The number of nitrogens with two attached hydrogens (primary N) is 1. The molecule has 1 aromatic rings. The smallest absolute Gasteiger partial charge is 0.194 e. The first-order chi connectivity index (χ1) is 9.20. The van der Waals surface area contributed by atoms with Gasteiger partial charge in [0.1, 0.15) is 12.3 Å². The molecule has 2 heterocycles. The zero-order chi connectivity index (χ0) is 13.7. The van der Waals surface area contributed by atoms with Gasteiger partial charge in [-0.1, -0.05) is 19.8 Å². The van der Waals surface area contributed by atoms with Crippen molar-refractivity contribution < 1.29 is 4.42 Å². The van der Waals surface area contributed by atoms with Crippen LogP contribution >= 0.6 is 0 Å². The van der Waals surface area contributed by atoms with Crippen LogP contribution in [0.5, 0.6) is 0 Å². The largest absolute Gasteiger partial charge is 0.443 e. The number of aromatic nitrogens is 1. The highest BCUT2D eigenvalue weighted by Crippen LogP contribution is 2.13. The third-order valence-corrected chi connectivity index (χ3v) is 3.55. The minimum absolute atomic E-state index is 0.487. The molecule has 0 spiro atoms. The molecule has 0 radical (unpaired) electrons. The highest BCUT2D eigenvalue weighted by Gasteiger charge is 2.12. The Labute approximate surface area is 114 Å². The molecule has 1 aliphatic rings. The third-order valence-electron chi connectivity index (χ3n) is 3.55. The molecular weight excluding hydrogens is 240 g/mol. The van der Waals surface area contributed by atoms with Gasteiger partial charge < -0.3 is 15.1 Å². The average molecular weight is 264 g/mol. The van der Waals surface area contributed by atoms with Gasteiger partial charge in [-0.15, -0.1) is 0 Å². The normalized spacial score (nSPS) is 17.6. The molecule has 0 aromatic carbocycles. The minimum Gasteiger partial charge on any atom is -0.443 e. The van der Waals surface area contributed by atoms with Crippen LogP contribution in [0, 0.1) is 6.92 Å². The van der Waals surface area contributed by atoms with Gasteiger partial charge in [-0.3, -0.25) is 0 Å². The van der Waals surface area contributed by atoms with Crippen molar-refractivity contribution in [3.63, 3.8) is 0 Å². The third kappa shape index (κ3) is 3.72. The van der Waals surface area contributed by atoms with Crippen LogP contribution in [-0.2, 0) is 13.0 Å². The second-order valence-corrected chi connectivity index (χ2v) is 5.05. The number of aliphatic imine (C=N–C) groups is 1. The van der Waals surface area contributed by atoms with Gasteiger partial charge in [0.25, 0.3) is 0 Å². The molecule has 0 atom stereocenters. The summed E-state index contributed by atoms with van der Waals surface area (Å²) in [5, 5.41) is 0. The molecule has 0 saturated carbocycles. The van der Waals surface area contributed by atoms with Crippen LogP contribution in [0.25, 0.3) is 0 Å². The number of oxazole rings is 1. The van der Waals surface area contributed by atoms with E-state index in [2.05, 4.69) is 14.9 Å². The van der Waals surface area contributed by atoms with Crippen molar-refractivity contribution in [2.45, 2.75) is 52.5 Å². The lowest BCUT2D eigenvalue weighted by molar-refractivity contribution is 0.424. The highest BCUT2D eigenvalue weighted by molar-refractivity contribution is 5.78. The summed E-state index contributed by atoms with van der Waals surface area (Å²) in [7, 11) is 0. The fraction of sp³-hybridized carbons (Fsp3) is 0.714. The van der Waals surface area contributed by atoms with Gasteiger partial charge in [0.2, 0.25) is 0 Å². The predicted molar refractivity (Wildman–Crippen MR) is 76.0 cm³/mol. The number of rotatable bonds is 3. The van der Waals surface area contributed by atoms with Gasteiger partial charge in [-0.2, -0.15) is 0 Å². The minimum atomic E-state index is 0.487. The number of aryl methyl sites for hydroxylation is 2. The van der Waals surface area contributed by atoms with E-state index in [9.17, 15) is 0 Å². The molecule has 19 heavy (non-hydrogen) atoms. The molecule has 106 valence electrons. The molecule has 0 bridgehead atoms. The van der Waals surface area contributed by atoms with Crippen molar-refractivity contribution in [3.8, 4) is 0 Å². The standard InChI is InChI=1S/C14H24N4O/c1-3-13-17-11(2)12(19-13)10-16-14(15)18-8-6-4-5-7-9-18/h3-10H2,1-2H3,(H2,15,16). The maximum atomic E-state index is 6.07. The summed E-state index contributed by atoms with van der Waals surface area (Å²) >= 11 is 0. The molecule has 5 nitrogen and oxygen atoms in total. The number of likely N-dealkylation sites (tertiary alicyclic amines) is 1. The Morgan fingerprint density at radius 1 is 1.32 bits per heavy atom. The molecule has 0 unspecified atom stereocenters. The summed E-state index contributed by atoms with van der Waals surface area (Å²) in [6.07, 6.45) is 5.82. The van der Waals surface area contributed by atoms with Crippen LogP contribution in [0.3, 0.4) is 0 Å². The predicted octanol–water partition coefficient (Wildman–Crippen LogP) is 2.24. The van der Waals surface area contributed by atoms with Crippen molar-refractivity contribution >= 4 is 5.96 Å². The highest BCUT2D eigenvalue weighted by atomic mass is 16.4. The molecule has 1 saturated heterocycles. The Balaban J connectivity index is 1.97. The maximum Gasteiger partial charge on any atom is 0.194 e. The van der Waals surface area contributed by atoms with E-state index in [1.54, 1.807) is 0 Å². The fourth-order valence-electron chi connectivity index (χ4n) is 2.34. The Bertz CT molecular complexity index is 431. The summed E-state index contributed by atoms with van der Waals surface area (Å²) in [5.74, 6) is 2.24. The van der Waals surface area contributed by atoms with Gasteiger partial charge >= 0.3 is 0 Å². The number of hydrogen-bond acceptors (Lipinski definition) is 3. The van der Waals surface area contributed by atoms with Crippen LogP contribution in [-0.4, -0.2) is 28.9 Å². The first-order valence-corrected chi connectivity index (χ1v) is 7.20. The lowest BCUT2D eigenvalue weighted by Gasteiger charge is -2.20. The van der Waals surface area contributed by atoms with Gasteiger partial charge in [-0.05, 0) is 19.8 Å². The van der Waals surface area contributed by atoms with Crippen LogP contribution in [0.4, 0.5) is 0 Å². The van der Waals surface area contributed by atoms with Crippen LogP contribution in [0.15, 0.2) is 9.41 Å². The van der Waals surface area contributed by atoms with E-state index in [0.29, 0.717) is 12.5 Å². The van der Waals surface area contributed by atoms with E-state index in [1.165, 1.54) is 25.7 Å². The molecule has 5 heteroatoms. The maximum absolute atomic E-state index is 6.07. The van der Waals surface area contributed by atoms with E-state index < -0.39 is 0 Å². The number of guanidine groups is 1. The molecule has 1 aliphatic heterocycles. The second-order valence-electron chi connectivity index (χ2n) is 5.05. The lowest BCUT2D eigenvalue weighted by atomic mass is 10.2. The SMILES string of the molecule is CCc1nc(C)c(CN=C(N)N2CCCCCC2)o1. The summed E-state index contributed by atoms with van der Waals surface area (Å²) in [4.78, 5) is 11.0. The van der Waals surface area contributed by atoms with E-state index >= 15 is 0 Å². The Morgan fingerprint density at radius 2 is 2.00 bits per heavy atom. The molecule has 0 amide bonds. The summed E-state index contributed by atoms with van der Waals surface area (Å²) in [6, 6.07) is 0. The van der Waals surface area contributed by atoms with Crippen molar-refractivity contribution in [1.82, 2.24) is 9.88 Å². The summed E-state index contributed by atoms with van der Waals surface area (Å²) in [5.41, 5.74) is 6.99. The van der Waals surface area contributed by atoms with E-state index in [4.69, 9.17) is 10.2 Å². The van der Waals surface area contributed by atoms with E-state index in [-0.39, 0.29) is 0 Å². The molecule has 1 fully saturated rings. The first kappa shape index (κ1) is 13.9. The Hall–Kier alpha value is -1.52. The van der Waals surface area contributed by atoms with Gasteiger partial charge in [0.15, 0.2) is 11.9 Å². The van der Waals surface area contributed by atoms with Crippen LogP contribution in [0.1, 0.15) is 50.0 Å². The quantitative estimate of drug-likeness (QED) is 0.671. The molecule has 2 N–H and O–H groups in total. The van der Waals surface area contributed by atoms with Crippen molar-refractivity contribution in [1.29, 1.82) is 0 Å². The zero-order valence-electron chi connectivity index (χ0n) is 12.0. The van der Waals surface area contributed by atoms with Crippen LogP contribution in [0.2, 0.25) is 0 Å². The monoisotopic (exact) mass is 264 g/mol. The Morgan fingerprint density at radius 3 is 2.58 bits per heavy atom. The zero-order valence-corrected chi connectivity index (χ0v) is 12.0. The Kier molecular flexibility index (Phi) is 4.82. The van der Waals surface area contributed by atoms with Gasteiger partial charge in [0, 0.05) is 19.5 Å². The second kappa shape index (κ2) is 6.59. The summed E-state index contributed by atoms with van der Waals surface area (Å²) in [6.45, 7) is 6.51. The molecule has 0 aliphatic carbocycles.